The number of hydrogen-bond acceptors (Lipinski definition) is 6. The topological polar surface area (TPSA) is 107 Å². The van der Waals surface area contributed by atoms with Crippen LogP contribution in [0.25, 0.3) is 0 Å². The number of nitrogen functional groups attached to an aromatic ring is 1. The molecule has 1 aromatic rings. The van der Waals surface area contributed by atoms with Crippen molar-refractivity contribution in [3.63, 3.8) is 0 Å². The summed E-state index contributed by atoms with van der Waals surface area (Å²) in [6.07, 6.45) is 1.06. The molecule has 1 aliphatic rings. The molecule has 1 aliphatic heterocycles. The second-order valence-electron chi connectivity index (χ2n) is 6.39. The number of para-hydroxylation sites is 1. The van der Waals surface area contributed by atoms with Crippen LogP contribution in [0.1, 0.15) is 37.0 Å². The SMILES string of the molecule is CC[C@H](C)N(C(=O)COC(=O)c1cccc(Cl)c1N)[C@@H]1CCS(=O)(=O)C1. The van der Waals surface area contributed by atoms with E-state index in [9.17, 15) is 18.0 Å². The second kappa shape index (κ2) is 8.26. The summed E-state index contributed by atoms with van der Waals surface area (Å²) in [4.78, 5) is 26.3. The van der Waals surface area contributed by atoms with Gasteiger partial charge in [-0.1, -0.05) is 24.6 Å². The smallest absolute Gasteiger partial charge is 0.340 e. The summed E-state index contributed by atoms with van der Waals surface area (Å²) >= 11 is 5.88. The number of esters is 1. The Morgan fingerprint density at radius 1 is 1.42 bits per heavy atom. The lowest BCUT2D eigenvalue weighted by molar-refractivity contribution is -0.138. The molecular formula is C17H23ClN2O5S. The molecule has 0 saturated carbocycles. The molecule has 0 unspecified atom stereocenters. The Morgan fingerprint density at radius 3 is 2.69 bits per heavy atom. The van der Waals surface area contributed by atoms with Crippen LogP contribution >= 0.6 is 11.6 Å². The Labute approximate surface area is 158 Å². The van der Waals surface area contributed by atoms with E-state index in [0.717, 1.165) is 0 Å². The van der Waals surface area contributed by atoms with Crippen molar-refractivity contribution in [2.45, 2.75) is 38.8 Å². The van der Waals surface area contributed by atoms with Gasteiger partial charge in [0.2, 0.25) is 0 Å². The summed E-state index contributed by atoms with van der Waals surface area (Å²) in [6.45, 7) is 3.28. The van der Waals surface area contributed by atoms with Crippen LogP contribution in [-0.2, 0) is 19.4 Å². The van der Waals surface area contributed by atoms with E-state index < -0.39 is 34.4 Å². The highest BCUT2D eigenvalue weighted by Crippen LogP contribution is 2.24. The van der Waals surface area contributed by atoms with Gasteiger partial charge in [-0.3, -0.25) is 4.79 Å². The number of sulfone groups is 1. The number of rotatable bonds is 6. The van der Waals surface area contributed by atoms with Crippen LogP contribution in [0.5, 0.6) is 0 Å². The summed E-state index contributed by atoms with van der Waals surface area (Å²) in [7, 11) is -3.13. The normalized spacial score (nSPS) is 19.7. The number of carbonyl (C=O) groups excluding carboxylic acids is 2. The number of halogens is 1. The number of ether oxygens (including phenoxy) is 1. The standard InChI is InChI=1S/C17H23ClN2O5S/c1-3-11(2)20(12-7-8-26(23,24)10-12)15(21)9-25-17(22)13-5-4-6-14(18)16(13)19/h4-6,11-12H,3,7-10,19H2,1-2H3/t11-,12+/m0/s1. The molecule has 1 heterocycles. The number of nitrogens with zero attached hydrogens (tertiary/aromatic N) is 1. The molecule has 0 radical (unpaired) electrons. The van der Waals surface area contributed by atoms with Crippen LogP contribution in [-0.4, -0.2) is 55.4 Å². The van der Waals surface area contributed by atoms with Crippen LogP contribution in [0.2, 0.25) is 5.02 Å². The van der Waals surface area contributed by atoms with Crippen molar-refractivity contribution in [1.82, 2.24) is 4.90 Å². The lowest BCUT2D eigenvalue weighted by atomic mass is 10.1. The second-order valence-corrected chi connectivity index (χ2v) is 9.03. The molecule has 7 nitrogen and oxygen atoms in total. The Hall–Kier alpha value is -1.80. The van der Waals surface area contributed by atoms with Gasteiger partial charge in [0.05, 0.1) is 27.8 Å². The maximum absolute atomic E-state index is 12.6. The first-order valence-corrected chi connectivity index (χ1v) is 10.6. The Morgan fingerprint density at radius 2 is 2.12 bits per heavy atom. The highest BCUT2D eigenvalue weighted by atomic mass is 35.5. The van der Waals surface area contributed by atoms with Gasteiger partial charge >= 0.3 is 5.97 Å². The molecule has 1 saturated heterocycles. The molecule has 2 rings (SSSR count). The van der Waals surface area contributed by atoms with Crippen molar-refractivity contribution in [1.29, 1.82) is 0 Å². The van der Waals surface area contributed by atoms with Crippen LogP contribution in [0, 0.1) is 0 Å². The van der Waals surface area contributed by atoms with E-state index in [-0.39, 0.29) is 33.8 Å². The van der Waals surface area contributed by atoms with Crippen LogP contribution in [0.3, 0.4) is 0 Å². The quantitative estimate of drug-likeness (QED) is 0.575. The van der Waals surface area contributed by atoms with Crippen LogP contribution in [0.4, 0.5) is 5.69 Å². The monoisotopic (exact) mass is 402 g/mol. The number of benzene rings is 1. The van der Waals surface area contributed by atoms with Gasteiger partial charge in [0.25, 0.3) is 5.91 Å². The van der Waals surface area contributed by atoms with E-state index >= 15 is 0 Å². The summed E-state index contributed by atoms with van der Waals surface area (Å²) in [5, 5.41) is 0.225. The zero-order chi connectivity index (χ0) is 19.5. The predicted octanol–water partition coefficient (Wildman–Crippen LogP) is 1.89. The van der Waals surface area contributed by atoms with Crippen molar-refractivity contribution in [2.24, 2.45) is 0 Å². The van der Waals surface area contributed by atoms with Gasteiger partial charge in [-0.05, 0) is 31.9 Å². The highest BCUT2D eigenvalue weighted by Gasteiger charge is 2.36. The third-order valence-electron chi connectivity index (χ3n) is 4.56. The number of nitrogens with two attached hydrogens (primary N) is 1. The fraction of sp³-hybridized carbons (Fsp3) is 0.529. The molecule has 2 atom stereocenters. The summed E-state index contributed by atoms with van der Waals surface area (Å²) in [5.74, 6) is -1.16. The van der Waals surface area contributed by atoms with E-state index in [1.54, 1.807) is 12.1 Å². The Bertz CT molecular complexity index is 796. The number of carbonyl (C=O) groups is 2. The maximum Gasteiger partial charge on any atom is 0.340 e. The molecule has 9 heteroatoms. The average molecular weight is 403 g/mol. The van der Waals surface area contributed by atoms with Gasteiger partial charge in [0.15, 0.2) is 16.4 Å². The first kappa shape index (κ1) is 20.5. The molecule has 1 aromatic carbocycles. The molecule has 0 bridgehead atoms. The minimum Gasteiger partial charge on any atom is -0.452 e. The van der Waals surface area contributed by atoms with E-state index in [1.807, 2.05) is 13.8 Å². The fourth-order valence-electron chi connectivity index (χ4n) is 3.00. The number of hydrogen-bond donors (Lipinski definition) is 1. The zero-order valence-electron chi connectivity index (χ0n) is 14.8. The molecule has 144 valence electrons. The molecule has 1 fully saturated rings. The molecular weight excluding hydrogens is 380 g/mol. The van der Waals surface area contributed by atoms with Crippen molar-refractivity contribution in [2.75, 3.05) is 23.8 Å². The van der Waals surface area contributed by atoms with Gasteiger partial charge in [-0.25, -0.2) is 13.2 Å². The molecule has 0 aliphatic carbocycles. The fourth-order valence-corrected chi connectivity index (χ4v) is 4.88. The minimum absolute atomic E-state index is 0.0573. The first-order chi connectivity index (χ1) is 12.2. The Balaban J connectivity index is 2.07. The van der Waals surface area contributed by atoms with Crippen molar-refractivity contribution < 1.29 is 22.7 Å². The summed E-state index contributed by atoms with van der Waals surface area (Å²) < 4.78 is 28.6. The third-order valence-corrected chi connectivity index (χ3v) is 6.63. The predicted molar refractivity (Wildman–Crippen MR) is 99.8 cm³/mol. The van der Waals surface area contributed by atoms with E-state index in [2.05, 4.69) is 0 Å². The number of anilines is 1. The Kier molecular flexibility index (Phi) is 6.52. The minimum atomic E-state index is -3.13. The largest absolute Gasteiger partial charge is 0.452 e. The van der Waals surface area contributed by atoms with Gasteiger partial charge in [-0.2, -0.15) is 0 Å². The van der Waals surface area contributed by atoms with E-state index in [1.165, 1.54) is 11.0 Å². The maximum atomic E-state index is 12.6. The van der Waals surface area contributed by atoms with Crippen LogP contribution < -0.4 is 5.73 Å². The molecule has 0 aromatic heterocycles. The number of amides is 1. The van der Waals surface area contributed by atoms with Crippen LogP contribution in [0.15, 0.2) is 18.2 Å². The van der Waals surface area contributed by atoms with Gasteiger partial charge in [-0.15, -0.1) is 0 Å². The summed E-state index contributed by atoms with van der Waals surface area (Å²) in [6, 6.07) is 4.02. The van der Waals surface area contributed by atoms with Crippen molar-refractivity contribution in [3.8, 4) is 0 Å². The lowest BCUT2D eigenvalue weighted by Crippen LogP contribution is -2.48. The first-order valence-electron chi connectivity index (χ1n) is 8.39. The molecule has 26 heavy (non-hydrogen) atoms. The van der Waals surface area contributed by atoms with Crippen molar-refractivity contribution >= 4 is 39.0 Å². The highest BCUT2D eigenvalue weighted by molar-refractivity contribution is 7.91. The molecule has 1 amide bonds. The van der Waals surface area contributed by atoms with Gasteiger partial charge < -0.3 is 15.4 Å². The van der Waals surface area contributed by atoms with E-state index in [4.69, 9.17) is 22.1 Å². The van der Waals surface area contributed by atoms with Crippen molar-refractivity contribution in [3.05, 3.63) is 28.8 Å². The van der Waals surface area contributed by atoms with Gasteiger partial charge in [0, 0.05) is 12.1 Å². The zero-order valence-corrected chi connectivity index (χ0v) is 16.3. The average Bonchev–Trinajstić information content (AvgIpc) is 2.94. The van der Waals surface area contributed by atoms with Gasteiger partial charge in [0.1, 0.15) is 0 Å². The lowest BCUT2D eigenvalue weighted by Gasteiger charge is -2.33. The molecule has 2 N–H and O–H groups in total. The third kappa shape index (κ3) is 4.67. The summed E-state index contributed by atoms with van der Waals surface area (Å²) in [5.41, 5.74) is 5.93. The molecule has 0 spiro atoms. The van der Waals surface area contributed by atoms with E-state index in [0.29, 0.717) is 12.8 Å².